The molecule has 22 heavy (non-hydrogen) atoms. The summed E-state index contributed by atoms with van der Waals surface area (Å²) in [6, 6.07) is 1.66. The first-order valence-corrected chi connectivity index (χ1v) is 7.85. The van der Waals surface area contributed by atoms with E-state index in [2.05, 4.69) is 15.3 Å². The maximum atomic E-state index is 11.8. The lowest BCUT2D eigenvalue weighted by Crippen LogP contribution is -2.39. The van der Waals surface area contributed by atoms with Crippen LogP contribution in [0.3, 0.4) is 0 Å². The molecule has 3 rings (SSSR count). The summed E-state index contributed by atoms with van der Waals surface area (Å²) in [7, 11) is 0. The number of aromatic nitrogens is 2. The Morgan fingerprint density at radius 2 is 2.27 bits per heavy atom. The Balaban J connectivity index is 1.52. The van der Waals surface area contributed by atoms with Gasteiger partial charge in [-0.1, -0.05) is 11.6 Å². The summed E-state index contributed by atoms with van der Waals surface area (Å²) in [5, 5.41) is 3.28. The summed E-state index contributed by atoms with van der Waals surface area (Å²) in [5.74, 6) is 0.659. The lowest BCUT2D eigenvalue weighted by molar-refractivity contribution is 0.0813. The van der Waals surface area contributed by atoms with Gasteiger partial charge >= 0.3 is 6.09 Å². The van der Waals surface area contributed by atoms with Crippen molar-refractivity contribution in [2.24, 2.45) is 0 Å². The summed E-state index contributed by atoms with van der Waals surface area (Å²) >= 11 is 11.7. The number of hydrogen-bond donors (Lipinski definition) is 1. The number of nitrogens with one attached hydrogen (secondary N) is 1. The van der Waals surface area contributed by atoms with Crippen molar-refractivity contribution < 1.29 is 14.3 Å². The topological polar surface area (TPSA) is 76.6 Å². The van der Waals surface area contributed by atoms with Crippen molar-refractivity contribution in [2.75, 3.05) is 31.2 Å². The van der Waals surface area contributed by atoms with Crippen LogP contribution < -0.4 is 10.2 Å². The molecule has 2 aliphatic heterocycles. The Kier molecular flexibility index (Phi) is 4.85. The van der Waals surface area contributed by atoms with Crippen LogP contribution >= 0.6 is 23.2 Å². The third-order valence-corrected chi connectivity index (χ3v) is 4.01. The fraction of sp³-hybridized carbons (Fsp3) is 0.615. The molecule has 0 bridgehead atoms. The Morgan fingerprint density at radius 3 is 3.00 bits per heavy atom. The zero-order chi connectivity index (χ0) is 15.5. The van der Waals surface area contributed by atoms with Gasteiger partial charge in [0.2, 0.25) is 5.28 Å². The van der Waals surface area contributed by atoms with Gasteiger partial charge in [0.25, 0.3) is 0 Å². The second-order valence-corrected chi connectivity index (χ2v) is 6.01. The molecule has 2 atom stereocenters. The molecule has 1 N–H and O–H groups in total. The summed E-state index contributed by atoms with van der Waals surface area (Å²) in [4.78, 5) is 21.8. The molecule has 7 nitrogen and oxygen atoms in total. The monoisotopic (exact) mass is 346 g/mol. The number of carbonyl (C=O) groups is 1. The van der Waals surface area contributed by atoms with Gasteiger partial charge in [-0.25, -0.2) is 14.8 Å². The number of anilines is 1. The molecule has 1 amide bonds. The minimum atomic E-state index is -0.402. The predicted molar refractivity (Wildman–Crippen MR) is 81.5 cm³/mol. The van der Waals surface area contributed by atoms with Crippen molar-refractivity contribution in [3.8, 4) is 0 Å². The maximum absolute atomic E-state index is 11.8. The van der Waals surface area contributed by atoms with E-state index in [1.807, 2.05) is 4.90 Å². The highest BCUT2D eigenvalue weighted by atomic mass is 35.5. The number of nitrogens with zero attached hydrogens (tertiary/aromatic N) is 3. The number of rotatable bonds is 3. The molecule has 2 unspecified atom stereocenters. The van der Waals surface area contributed by atoms with E-state index in [0.717, 1.165) is 19.4 Å². The Bertz CT molecular complexity index is 534. The van der Waals surface area contributed by atoms with E-state index >= 15 is 0 Å². The number of alkyl carbamates (subject to hydrolysis) is 1. The molecule has 2 aliphatic rings. The van der Waals surface area contributed by atoms with Gasteiger partial charge in [0.15, 0.2) is 0 Å². The van der Waals surface area contributed by atoms with Crippen molar-refractivity contribution in [3.63, 3.8) is 0 Å². The third-order valence-electron chi connectivity index (χ3n) is 3.65. The smallest absolute Gasteiger partial charge is 0.407 e. The van der Waals surface area contributed by atoms with Crippen molar-refractivity contribution in [3.05, 3.63) is 16.5 Å². The fourth-order valence-electron chi connectivity index (χ4n) is 2.58. The van der Waals surface area contributed by atoms with E-state index in [-0.39, 0.29) is 17.4 Å². The van der Waals surface area contributed by atoms with E-state index in [9.17, 15) is 4.79 Å². The summed E-state index contributed by atoms with van der Waals surface area (Å²) in [6.07, 6.45) is 1.01. The first-order valence-electron chi connectivity index (χ1n) is 7.10. The van der Waals surface area contributed by atoms with Gasteiger partial charge < -0.3 is 19.7 Å². The first-order chi connectivity index (χ1) is 10.6. The van der Waals surface area contributed by atoms with Crippen molar-refractivity contribution in [1.82, 2.24) is 15.3 Å². The molecule has 2 saturated heterocycles. The van der Waals surface area contributed by atoms with Gasteiger partial charge in [0.1, 0.15) is 17.1 Å². The molecular formula is C13H16Cl2N4O3. The minimum Gasteiger partial charge on any atom is -0.444 e. The van der Waals surface area contributed by atoms with Crippen LogP contribution in [-0.4, -0.2) is 54.5 Å². The highest BCUT2D eigenvalue weighted by Crippen LogP contribution is 2.22. The van der Waals surface area contributed by atoms with Gasteiger partial charge in [-0.05, 0) is 18.0 Å². The SMILES string of the molecule is O=C(NC1CCN(c2cc(Cl)nc(Cl)n2)C1)OC1CCOC1. The summed E-state index contributed by atoms with van der Waals surface area (Å²) < 4.78 is 10.5. The molecule has 0 aliphatic carbocycles. The summed E-state index contributed by atoms with van der Waals surface area (Å²) in [6.45, 7) is 2.49. The highest BCUT2D eigenvalue weighted by Gasteiger charge is 2.27. The van der Waals surface area contributed by atoms with Crippen molar-refractivity contribution in [2.45, 2.75) is 25.0 Å². The largest absolute Gasteiger partial charge is 0.444 e. The predicted octanol–water partition coefficient (Wildman–Crippen LogP) is 1.88. The quantitative estimate of drug-likeness (QED) is 0.665. The Labute approximate surface area is 137 Å². The van der Waals surface area contributed by atoms with Gasteiger partial charge in [0, 0.05) is 25.6 Å². The molecular weight excluding hydrogens is 331 g/mol. The Hall–Kier alpha value is -1.31. The van der Waals surface area contributed by atoms with Crippen LogP contribution in [0.4, 0.5) is 10.6 Å². The van der Waals surface area contributed by atoms with E-state index in [1.54, 1.807) is 6.07 Å². The van der Waals surface area contributed by atoms with Gasteiger partial charge in [-0.3, -0.25) is 0 Å². The van der Waals surface area contributed by atoms with Crippen LogP contribution in [0.2, 0.25) is 10.4 Å². The normalized spacial score (nSPS) is 24.5. The lowest BCUT2D eigenvalue weighted by Gasteiger charge is -2.18. The second-order valence-electron chi connectivity index (χ2n) is 5.28. The number of carbonyl (C=O) groups excluding carboxylic acids is 1. The molecule has 1 aromatic rings. The molecule has 0 spiro atoms. The zero-order valence-electron chi connectivity index (χ0n) is 11.8. The molecule has 120 valence electrons. The molecule has 0 aromatic carbocycles. The fourth-order valence-corrected chi connectivity index (χ4v) is 2.98. The van der Waals surface area contributed by atoms with E-state index in [1.165, 1.54) is 0 Å². The summed E-state index contributed by atoms with van der Waals surface area (Å²) in [5.41, 5.74) is 0. The highest BCUT2D eigenvalue weighted by molar-refractivity contribution is 6.32. The molecule has 0 radical (unpaired) electrons. The maximum Gasteiger partial charge on any atom is 0.407 e. The average Bonchev–Trinajstić information content (AvgIpc) is 3.09. The van der Waals surface area contributed by atoms with Crippen LogP contribution in [0.25, 0.3) is 0 Å². The van der Waals surface area contributed by atoms with Crippen LogP contribution in [0.5, 0.6) is 0 Å². The minimum absolute atomic E-state index is 0.00216. The van der Waals surface area contributed by atoms with Crippen LogP contribution in [0, 0.1) is 0 Å². The number of halogens is 2. The standard InChI is InChI=1S/C13H16Cl2N4O3/c14-10-5-11(18-12(15)17-10)19-3-1-8(6-19)16-13(20)22-9-2-4-21-7-9/h5,8-9H,1-4,6-7H2,(H,16,20). The molecule has 1 aromatic heterocycles. The van der Waals surface area contributed by atoms with Crippen molar-refractivity contribution >= 4 is 35.1 Å². The number of amides is 1. The van der Waals surface area contributed by atoms with Crippen molar-refractivity contribution in [1.29, 1.82) is 0 Å². The van der Waals surface area contributed by atoms with E-state index in [4.69, 9.17) is 32.7 Å². The van der Waals surface area contributed by atoms with Gasteiger partial charge in [-0.15, -0.1) is 0 Å². The van der Waals surface area contributed by atoms with E-state index < -0.39 is 6.09 Å². The number of ether oxygens (including phenoxy) is 2. The lowest BCUT2D eigenvalue weighted by atomic mass is 10.3. The van der Waals surface area contributed by atoms with Crippen LogP contribution in [0.1, 0.15) is 12.8 Å². The number of hydrogen-bond acceptors (Lipinski definition) is 6. The zero-order valence-corrected chi connectivity index (χ0v) is 13.3. The average molecular weight is 347 g/mol. The van der Waals surface area contributed by atoms with Crippen LogP contribution in [-0.2, 0) is 9.47 Å². The first kappa shape index (κ1) is 15.6. The van der Waals surface area contributed by atoms with Crippen LogP contribution in [0.15, 0.2) is 6.07 Å². The third kappa shape index (κ3) is 3.91. The van der Waals surface area contributed by atoms with Gasteiger partial charge in [-0.2, -0.15) is 0 Å². The van der Waals surface area contributed by atoms with Gasteiger partial charge in [0.05, 0.1) is 19.3 Å². The molecule has 9 heteroatoms. The second kappa shape index (κ2) is 6.85. The molecule has 0 saturated carbocycles. The Morgan fingerprint density at radius 1 is 1.41 bits per heavy atom. The molecule has 3 heterocycles. The van der Waals surface area contributed by atoms with E-state index in [0.29, 0.717) is 30.7 Å². The molecule has 2 fully saturated rings.